The van der Waals surface area contributed by atoms with Crippen LogP contribution < -0.4 is 10.7 Å². The van der Waals surface area contributed by atoms with Gasteiger partial charge in [0.25, 0.3) is 0 Å². The van der Waals surface area contributed by atoms with Crippen molar-refractivity contribution in [3.63, 3.8) is 0 Å². The molecule has 0 aliphatic carbocycles. The maximum atomic E-state index is 13.9. The highest BCUT2D eigenvalue weighted by atomic mass is 19.1. The van der Waals surface area contributed by atoms with E-state index in [1.807, 2.05) is 0 Å². The molecule has 1 heterocycles. The number of anilines is 1. The molecule has 126 valence electrons. The van der Waals surface area contributed by atoms with Crippen molar-refractivity contribution in [2.45, 2.75) is 6.92 Å². The zero-order valence-corrected chi connectivity index (χ0v) is 13.1. The van der Waals surface area contributed by atoms with Gasteiger partial charge in [-0.2, -0.15) is 0 Å². The van der Waals surface area contributed by atoms with Crippen LogP contribution in [-0.2, 0) is 0 Å². The smallest absolute Gasteiger partial charge is 0.341 e. The van der Waals surface area contributed by atoms with Crippen LogP contribution in [0.25, 0.3) is 10.9 Å². The van der Waals surface area contributed by atoms with E-state index < -0.39 is 28.8 Å². The van der Waals surface area contributed by atoms with E-state index in [4.69, 9.17) is 0 Å². The molecule has 7 heteroatoms. The third kappa shape index (κ3) is 2.99. The Bertz CT molecular complexity index is 1070. The maximum absolute atomic E-state index is 13.9. The quantitative estimate of drug-likeness (QED) is 0.750. The lowest BCUT2D eigenvalue weighted by atomic mass is 10.1. The van der Waals surface area contributed by atoms with Gasteiger partial charge >= 0.3 is 12.0 Å². The van der Waals surface area contributed by atoms with E-state index in [1.54, 1.807) is 25.1 Å². The fourth-order valence-corrected chi connectivity index (χ4v) is 2.50. The van der Waals surface area contributed by atoms with Crippen LogP contribution in [0.1, 0.15) is 15.9 Å². The number of carboxylic acid groups (broad SMARTS) is 1. The molecule has 0 unspecified atom stereocenters. The summed E-state index contributed by atoms with van der Waals surface area (Å²) in [5.41, 5.74) is -0.359. The van der Waals surface area contributed by atoms with Crippen molar-refractivity contribution in [2.75, 3.05) is 5.32 Å². The van der Waals surface area contributed by atoms with Gasteiger partial charge in [0.15, 0.2) is 0 Å². The van der Waals surface area contributed by atoms with Gasteiger partial charge < -0.3 is 10.4 Å². The van der Waals surface area contributed by atoms with Gasteiger partial charge in [-0.15, -0.1) is 0 Å². The minimum atomic E-state index is -1.45. The largest absolute Gasteiger partial charge is 0.477 e. The summed E-state index contributed by atoms with van der Waals surface area (Å²) in [4.78, 5) is 36.0. The number of aromatic nitrogens is 1. The molecule has 2 N–H and O–H groups in total. The van der Waals surface area contributed by atoms with Crippen LogP contribution in [0.15, 0.2) is 53.5 Å². The number of pyridine rings is 1. The Kier molecular flexibility index (Phi) is 4.06. The number of hydrogen-bond acceptors (Lipinski definition) is 3. The first kappa shape index (κ1) is 16.4. The second kappa shape index (κ2) is 6.20. The molecule has 0 spiro atoms. The number of nitrogens with zero attached hydrogens (tertiary/aromatic N) is 1. The second-order valence-corrected chi connectivity index (χ2v) is 5.48. The van der Waals surface area contributed by atoms with E-state index in [-0.39, 0.29) is 16.6 Å². The Balaban J connectivity index is 2.14. The monoisotopic (exact) mass is 340 g/mol. The molecule has 0 radical (unpaired) electrons. The average molecular weight is 340 g/mol. The molecule has 6 nitrogen and oxygen atoms in total. The summed E-state index contributed by atoms with van der Waals surface area (Å²) in [6, 6.07) is 9.64. The van der Waals surface area contributed by atoms with Gasteiger partial charge in [0.2, 0.25) is 5.43 Å². The van der Waals surface area contributed by atoms with Gasteiger partial charge in [-0.3, -0.25) is 9.36 Å². The topological polar surface area (TPSA) is 88.4 Å². The number of hydrogen-bond donors (Lipinski definition) is 2. The van der Waals surface area contributed by atoms with Gasteiger partial charge in [0.05, 0.1) is 11.2 Å². The summed E-state index contributed by atoms with van der Waals surface area (Å²) in [7, 11) is 0. The molecule has 0 bridgehead atoms. The lowest BCUT2D eigenvalue weighted by Crippen LogP contribution is -2.26. The van der Waals surface area contributed by atoms with Crippen LogP contribution in [0, 0.1) is 12.7 Å². The normalized spacial score (nSPS) is 10.6. The zero-order valence-electron chi connectivity index (χ0n) is 13.1. The minimum Gasteiger partial charge on any atom is -0.477 e. The average Bonchev–Trinajstić information content (AvgIpc) is 2.57. The number of carbonyl (C=O) groups is 2. The Morgan fingerprint density at radius 2 is 1.88 bits per heavy atom. The highest BCUT2D eigenvalue weighted by Crippen LogP contribution is 2.17. The molecular weight excluding hydrogens is 327 g/mol. The Morgan fingerprint density at radius 1 is 1.16 bits per heavy atom. The highest BCUT2D eigenvalue weighted by Gasteiger charge is 2.18. The van der Waals surface area contributed by atoms with E-state index in [0.29, 0.717) is 5.56 Å². The molecule has 3 aromatic rings. The fourth-order valence-electron chi connectivity index (χ4n) is 2.50. The van der Waals surface area contributed by atoms with Gasteiger partial charge in [-0.25, -0.2) is 14.0 Å². The number of fused-ring (bicyclic) bond motifs is 1. The Hall–Kier alpha value is -3.48. The summed E-state index contributed by atoms with van der Waals surface area (Å²) in [6.07, 6.45) is 0.939. The number of benzene rings is 2. The maximum Gasteiger partial charge on any atom is 0.341 e. The standard InChI is InChI=1S/C18H13FN2O4/c1-10-6-7-14(13(19)8-10)20-18(25)21-9-12(17(23)24)16(22)11-4-2-3-5-15(11)21/h2-9H,1H3,(H,20,25)(H,23,24). The predicted molar refractivity (Wildman–Crippen MR) is 90.7 cm³/mol. The lowest BCUT2D eigenvalue weighted by Gasteiger charge is -2.13. The predicted octanol–water partition coefficient (Wildman–Crippen LogP) is 3.23. The third-order valence-electron chi connectivity index (χ3n) is 3.73. The molecule has 0 atom stereocenters. The molecule has 25 heavy (non-hydrogen) atoms. The third-order valence-corrected chi connectivity index (χ3v) is 3.73. The van der Waals surface area contributed by atoms with E-state index in [0.717, 1.165) is 10.8 Å². The van der Waals surface area contributed by atoms with E-state index in [1.165, 1.54) is 24.3 Å². The van der Waals surface area contributed by atoms with Crippen molar-refractivity contribution in [1.82, 2.24) is 4.57 Å². The van der Waals surface area contributed by atoms with Crippen LogP contribution in [0.3, 0.4) is 0 Å². The Morgan fingerprint density at radius 3 is 2.56 bits per heavy atom. The number of rotatable bonds is 2. The Labute approximate surface area is 141 Å². The number of aryl methyl sites for hydroxylation is 1. The van der Waals surface area contributed by atoms with Crippen molar-refractivity contribution in [1.29, 1.82) is 0 Å². The summed E-state index contributed by atoms with van der Waals surface area (Å²) in [5.74, 6) is -2.06. The van der Waals surface area contributed by atoms with E-state index in [9.17, 15) is 23.9 Å². The number of para-hydroxylation sites is 1. The number of nitrogens with one attached hydrogen (secondary N) is 1. The molecule has 0 aliphatic rings. The lowest BCUT2D eigenvalue weighted by molar-refractivity contribution is 0.0695. The SMILES string of the molecule is Cc1ccc(NC(=O)n2cc(C(=O)O)c(=O)c3ccccc32)c(F)c1. The number of amides is 1. The summed E-state index contributed by atoms with van der Waals surface area (Å²) in [6.45, 7) is 1.71. The summed E-state index contributed by atoms with van der Waals surface area (Å²) >= 11 is 0. The van der Waals surface area contributed by atoms with Gasteiger partial charge in [-0.1, -0.05) is 18.2 Å². The molecule has 0 aliphatic heterocycles. The zero-order chi connectivity index (χ0) is 18.1. The minimum absolute atomic E-state index is 0.0461. The van der Waals surface area contributed by atoms with Gasteiger partial charge in [-0.05, 0) is 36.8 Å². The van der Waals surface area contributed by atoms with Gasteiger partial charge in [0, 0.05) is 11.6 Å². The van der Waals surface area contributed by atoms with Crippen LogP contribution in [0.4, 0.5) is 14.9 Å². The molecule has 1 aromatic heterocycles. The molecule has 2 aromatic carbocycles. The van der Waals surface area contributed by atoms with Crippen molar-refractivity contribution < 1.29 is 19.1 Å². The van der Waals surface area contributed by atoms with Crippen LogP contribution in [-0.4, -0.2) is 21.7 Å². The number of carbonyl (C=O) groups excluding carboxylic acids is 1. The van der Waals surface area contributed by atoms with Crippen molar-refractivity contribution in [3.8, 4) is 0 Å². The summed E-state index contributed by atoms with van der Waals surface area (Å²) < 4.78 is 14.9. The van der Waals surface area contributed by atoms with Crippen LogP contribution in [0.2, 0.25) is 0 Å². The van der Waals surface area contributed by atoms with E-state index in [2.05, 4.69) is 5.32 Å². The number of halogens is 1. The first-order valence-electron chi connectivity index (χ1n) is 7.33. The van der Waals surface area contributed by atoms with Crippen molar-refractivity contribution in [2.24, 2.45) is 0 Å². The highest BCUT2D eigenvalue weighted by molar-refractivity contribution is 6.00. The van der Waals surface area contributed by atoms with Gasteiger partial charge in [0.1, 0.15) is 11.4 Å². The van der Waals surface area contributed by atoms with Crippen LogP contribution in [0.5, 0.6) is 0 Å². The number of aromatic carboxylic acids is 1. The molecule has 0 saturated heterocycles. The second-order valence-electron chi connectivity index (χ2n) is 5.48. The molecule has 0 saturated carbocycles. The van der Waals surface area contributed by atoms with E-state index >= 15 is 0 Å². The summed E-state index contributed by atoms with van der Waals surface area (Å²) in [5, 5.41) is 11.7. The number of carboxylic acids is 1. The first-order chi connectivity index (χ1) is 11.9. The molecular formula is C18H13FN2O4. The molecule has 1 amide bonds. The first-order valence-corrected chi connectivity index (χ1v) is 7.33. The fraction of sp³-hybridized carbons (Fsp3) is 0.0556. The van der Waals surface area contributed by atoms with Crippen molar-refractivity contribution >= 4 is 28.6 Å². The molecule has 0 fully saturated rings. The van der Waals surface area contributed by atoms with Crippen LogP contribution >= 0.6 is 0 Å². The molecule has 3 rings (SSSR count). The van der Waals surface area contributed by atoms with Crippen molar-refractivity contribution in [3.05, 3.63) is 75.8 Å².